The number of hydrogen-bond acceptors (Lipinski definition) is 4. The van der Waals surface area contributed by atoms with Gasteiger partial charge >= 0.3 is 0 Å². The molecule has 19 heavy (non-hydrogen) atoms. The molecule has 0 aliphatic carbocycles. The zero-order valence-electron chi connectivity index (χ0n) is 13.1. The Morgan fingerprint density at radius 3 is 2.16 bits per heavy atom. The van der Waals surface area contributed by atoms with E-state index >= 15 is 0 Å². The average molecular weight is 281 g/mol. The number of nitrogens with zero attached hydrogens (tertiary/aromatic N) is 2. The van der Waals surface area contributed by atoms with Crippen LogP contribution in [0.5, 0.6) is 0 Å². The van der Waals surface area contributed by atoms with Crippen molar-refractivity contribution in [2.24, 2.45) is 0 Å². The molecule has 108 valence electrons. The maximum absolute atomic E-state index is 4.66. The Bertz CT molecular complexity index is 381. The molecule has 0 amide bonds. The van der Waals surface area contributed by atoms with E-state index in [0.29, 0.717) is 12.0 Å². The third kappa shape index (κ3) is 5.11. The Morgan fingerprint density at radius 2 is 1.68 bits per heavy atom. The van der Waals surface area contributed by atoms with Gasteiger partial charge in [0, 0.05) is 24.0 Å². The number of thioether (sulfide) groups is 1. The largest absolute Gasteiger partial charge is 0.314 e. The standard InChI is InChI=1S/C15H27N3S/c1-7-19-9-14-17-12(5)15(13(6)18-14)11(4)8-16-10(2)3/h10-11,16H,7-9H2,1-6H3. The van der Waals surface area contributed by atoms with E-state index in [1.807, 2.05) is 11.8 Å². The zero-order valence-corrected chi connectivity index (χ0v) is 13.9. The second kappa shape index (κ2) is 7.85. The van der Waals surface area contributed by atoms with Gasteiger partial charge in [0.2, 0.25) is 0 Å². The normalized spacial score (nSPS) is 13.0. The summed E-state index contributed by atoms with van der Waals surface area (Å²) in [4.78, 5) is 9.32. The molecule has 1 N–H and O–H groups in total. The van der Waals surface area contributed by atoms with Crippen LogP contribution in [0.2, 0.25) is 0 Å². The lowest BCUT2D eigenvalue weighted by Gasteiger charge is -2.19. The number of nitrogens with one attached hydrogen (secondary N) is 1. The van der Waals surface area contributed by atoms with Crippen LogP contribution in [0.4, 0.5) is 0 Å². The summed E-state index contributed by atoms with van der Waals surface area (Å²) in [7, 11) is 0. The zero-order chi connectivity index (χ0) is 14.4. The Balaban J connectivity index is 2.83. The Morgan fingerprint density at radius 1 is 1.11 bits per heavy atom. The second-order valence-corrected chi connectivity index (χ2v) is 6.60. The Kier molecular flexibility index (Phi) is 6.80. The van der Waals surface area contributed by atoms with Crippen LogP contribution in [0, 0.1) is 13.8 Å². The Labute approximate surface area is 122 Å². The first-order valence-corrected chi connectivity index (χ1v) is 8.26. The summed E-state index contributed by atoms with van der Waals surface area (Å²) in [6.45, 7) is 14.0. The second-order valence-electron chi connectivity index (χ2n) is 5.33. The molecule has 3 nitrogen and oxygen atoms in total. The van der Waals surface area contributed by atoms with E-state index in [1.54, 1.807) is 0 Å². The van der Waals surface area contributed by atoms with Crippen LogP contribution in [0.25, 0.3) is 0 Å². The molecule has 1 aromatic heterocycles. The summed E-state index contributed by atoms with van der Waals surface area (Å²) in [6, 6.07) is 0.518. The van der Waals surface area contributed by atoms with Gasteiger partial charge in [0.25, 0.3) is 0 Å². The van der Waals surface area contributed by atoms with Gasteiger partial charge in [-0.3, -0.25) is 0 Å². The topological polar surface area (TPSA) is 37.8 Å². The highest BCUT2D eigenvalue weighted by atomic mass is 32.2. The van der Waals surface area contributed by atoms with Gasteiger partial charge in [0.15, 0.2) is 0 Å². The van der Waals surface area contributed by atoms with E-state index < -0.39 is 0 Å². The van der Waals surface area contributed by atoms with Crippen LogP contribution in [-0.4, -0.2) is 28.3 Å². The lowest BCUT2D eigenvalue weighted by Crippen LogP contribution is -2.28. The molecule has 0 spiro atoms. The summed E-state index contributed by atoms with van der Waals surface area (Å²) >= 11 is 1.87. The molecule has 0 aliphatic heterocycles. The molecule has 1 heterocycles. The maximum Gasteiger partial charge on any atom is 0.138 e. The highest BCUT2D eigenvalue weighted by Crippen LogP contribution is 2.22. The number of hydrogen-bond donors (Lipinski definition) is 1. The average Bonchev–Trinajstić information content (AvgIpc) is 2.33. The quantitative estimate of drug-likeness (QED) is 0.830. The molecule has 0 saturated carbocycles. The molecule has 0 radical (unpaired) electrons. The fourth-order valence-electron chi connectivity index (χ4n) is 2.28. The van der Waals surface area contributed by atoms with Crippen LogP contribution < -0.4 is 5.32 Å². The third-order valence-corrected chi connectivity index (χ3v) is 4.00. The molecular weight excluding hydrogens is 254 g/mol. The molecule has 1 rings (SSSR count). The third-order valence-electron chi connectivity index (χ3n) is 3.13. The summed E-state index contributed by atoms with van der Waals surface area (Å²) in [5.41, 5.74) is 3.58. The van der Waals surface area contributed by atoms with Gasteiger partial charge in [-0.05, 0) is 31.1 Å². The minimum Gasteiger partial charge on any atom is -0.314 e. The van der Waals surface area contributed by atoms with E-state index in [-0.39, 0.29) is 0 Å². The van der Waals surface area contributed by atoms with Crippen LogP contribution in [-0.2, 0) is 5.75 Å². The number of rotatable bonds is 7. The first-order chi connectivity index (χ1) is 8.95. The van der Waals surface area contributed by atoms with E-state index in [4.69, 9.17) is 0 Å². The molecule has 0 aromatic carbocycles. The van der Waals surface area contributed by atoms with Gasteiger partial charge in [-0.1, -0.05) is 27.7 Å². The minimum absolute atomic E-state index is 0.454. The maximum atomic E-state index is 4.66. The van der Waals surface area contributed by atoms with Crippen molar-refractivity contribution in [1.82, 2.24) is 15.3 Å². The monoisotopic (exact) mass is 281 g/mol. The fourth-order valence-corrected chi connectivity index (χ4v) is 2.80. The molecule has 0 saturated heterocycles. The van der Waals surface area contributed by atoms with Gasteiger partial charge in [0.05, 0.1) is 5.75 Å². The Hall–Kier alpha value is -0.610. The summed E-state index contributed by atoms with van der Waals surface area (Å²) in [5.74, 6) is 3.44. The fraction of sp³-hybridized carbons (Fsp3) is 0.733. The van der Waals surface area contributed by atoms with E-state index in [2.05, 4.69) is 56.8 Å². The van der Waals surface area contributed by atoms with Crippen LogP contribution in [0.3, 0.4) is 0 Å². The first kappa shape index (κ1) is 16.4. The molecule has 1 atom stereocenters. The van der Waals surface area contributed by atoms with Crippen molar-refractivity contribution in [2.45, 2.75) is 59.3 Å². The number of aryl methyl sites for hydroxylation is 2. The molecule has 0 bridgehead atoms. The van der Waals surface area contributed by atoms with Crippen molar-refractivity contribution in [3.05, 3.63) is 22.8 Å². The van der Waals surface area contributed by atoms with Crippen LogP contribution >= 0.6 is 11.8 Å². The van der Waals surface area contributed by atoms with Crippen molar-refractivity contribution in [1.29, 1.82) is 0 Å². The van der Waals surface area contributed by atoms with Gasteiger partial charge in [-0.2, -0.15) is 11.8 Å². The van der Waals surface area contributed by atoms with Gasteiger partial charge < -0.3 is 5.32 Å². The van der Waals surface area contributed by atoms with Crippen molar-refractivity contribution >= 4 is 11.8 Å². The van der Waals surface area contributed by atoms with Crippen LogP contribution in [0.15, 0.2) is 0 Å². The summed E-state index contributed by atoms with van der Waals surface area (Å²) < 4.78 is 0. The summed E-state index contributed by atoms with van der Waals surface area (Å²) in [6.07, 6.45) is 0. The van der Waals surface area contributed by atoms with Crippen molar-refractivity contribution in [3.63, 3.8) is 0 Å². The molecule has 4 heteroatoms. The van der Waals surface area contributed by atoms with Crippen LogP contribution in [0.1, 0.15) is 56.4 Å². The molecule has 0 aliphatic rings. The minimum atomic E-state index is 0.454. The van der Waals surface area contributed by atoms with Gasteiger partial charge in [0.1, 0.15) is 5.82 Å². The van der Waals surface area contributed by atoms with Crippen molar-refractivity contribution in [2.75, 3.05) is 12.3 Å². The van der Waals surface area contributed by atoms with Crippen molar-refractivity contribution in [3.8, 4) is 0 Å². The van der Waals surface area contributed by atoms with Gasteiger partial charge in [-0.15, -0.1) is 0 Å². The molecule has 1 unspecified atom stereocenters. The highest BCUT2D eigenvalue weighted by Gasteiger charge is 2.15. The predicted molar refractivity (Wildman–Crippen MR) is 84.9 cm³/mol. The smallest absolute Gasteiger partial charge is 0.138 e. The van der Waals surface area contributed by atoms with E-state index in [9.17, 15) is 0 Å². The molecule has 1 aromatic rings. The SMILES string of the molecule is CCSCc1nc(C)c(C(C)CNC(C)C)c(C)n1. The first-order valence-electron chi connectivity index (χ1n) is 7.10. The van der Waals surface area contributed by atoms with Crippen molar-refractivity contribution < 1.29 is 0 Å². The van der Waals surface area contributed by atoms with Gasteiger partial charge in [-0.25, -0.2) is 9.97 Å². The highest BCUT2D eigenvalue weighted by molar-refractivity contribution is 7.98. The lowest BCUT2D eigenvalue weighted by molar-refractivity contribution is 0.543. The van der Waals surface area contributed by atoms with E-state index in [0.717, 1.165) is 35.3 Å². The molecular formula is C15H27N3S. The van der Waals surface area contributed by atoms with E-state index in [1.165, 1.54) is 5.56 Å². The molecule has 0 fully saturated rings. The summed E-state index contributed by atoms with van der Waals surface area (Å²) in [5, 5.41) is 3.49. The predicted octanol–water partition coefficient (Wildman–Crippen LogP) is 3.45. The lowest BCUT2D eigenvalue weighted by atomic mass is 9.98. The number of aromatic nitrogens is 2.